The summed E-state index contributed by atoms with van der Waals surface area (Å²) in [5, 5.41) is 131. The van der Waals surface area contributed by atoms with Crippen LogP contribution >= 0.6 is 0 Å². The van der Waals surface area contributed by atoms with E-state index in [2.05, 4.69) is 34.0 Å². The number of ether oxygens (including phenoxy) is 4. The molecule has 29 nitrogen and oxygen atoms in total. The quantitative estimate of drug-likeness (QED) is 0.0915. The van der Waals surface area contributed by atoms with E-state index in [1.54, 1.807) is 0 Å². The van der Waals surface area contributed by atoms with Crippen LogP contribution in [0.4, 0.5) is 0 Å². The third-order valence-corrected chi connectivity index (χ3v) is 8.25. The lowest BCUT2D eigenvalue weighted by Crippen LogP contribution is -2.80. The Morgan fingerprint density at radius 3 is 1.47 bits per heavy atom. The Bertz CT molecular complexity index is 1250. The van der Waals surface area contributed by atoms with Crippen LogP contribution in [0.1, 0.15) is 47.5 Å². The van der Waals surface area contributed by atoms with E-state index in [1.807, 2.05) is 0 Å². The van der Waals surface area contributed by atoms with Gasteiger partial charge in [-0.3, -0.25) is 4.79 Å². The highest BCUT2D eigenvalue weighted by Crippen LogP contribution is 2.31. The van der Waals surface area contributed by atoms with Crippen molar-refractivity contribution < 1.29 is 143 Å². The molecular weight excluding hydrogens is 848 g/mol. The van der Waals surface area contributed by atoms with Gasteiger partial charge in [0.1, 0.15) is 92.3 Å². The molecule has 29 heteroatoms. The van der Waals surface area contributed by atoms with Crippen molar-refractivity contribution >= 4 is 35.8 Å². The number of hydrogen-bond donors (Lipinski definition) is 14. The van der Waals surface area contributed by atoms with Gasteiger partial charge in [0.2, 0.25) is 5.91 Å². The molecule has 2 heterocycles. The van der Waals surface area contributed by atoms with Crippen molar-refractivity contribution in [2.24, 2.45) is 0 Å². The Labute approximate surface area is 354 Å². The third kappa shape index (κ3) is 25.3. The third-order valence-electron chi connectivity index (χ3n) is 8.25. The van der Waals surface area contributed by atoms with Crippen molar-refractivity contribution in [2.75, 3.05) is 19.7 Å². The second-order valence-electron chi connectivity index (χ2n) is 13.8. The summed E-state index contributed by atoms with van der Waals surface area (Å²) in [5.41, 5.74) is 18.9. The first-order chi connectivity index (χ1) is 28.4. The number of carboxylic acids is 5. The molecule has 0 aromatic heterocycles. The smallest absolute Gasteiger partial charge is 0.249 e. The standard InChI is InChI=1S/C23H46N6O13.5C2H4O2/c24-3-6(26)1-9(31)21(38)29-8-2-7(27)19(41-23-17(36)16(35)14(33)10(4-25)39-23)18(37)20(8)42-22-15(34)12(28)13(32)11(5-30)40-22;5*1-2(3)4/h6-20,22-23,30-37H,1-5,24-28H2,(H,29,38);5*1H3,(H,3,4)/t6-,7-,8+,9+,10+,11-,12+,13-,14+,15-,16-,17+,18-,19+,20-,22-,23+;;;;;/m0...../s1. The molecule has 0 radical (unpaired) electrons. The van der Waals surface area contributed by atoms with Gasteiger partial charge < -0.3 is 143 Å². The van der Waals surface area contributed by atoms with Gasteiger partial charge in [0.05, 0.1) is 12.6 Å². The highest BCUT2D eigenvalue weighted by atomic mass is 16.7. The van der Waals surface area contributed by atoms with Gasteiger partial charge in [-0.05, 0) is 34.6 Å². The minimum absolute atomic E-state index is 0.00339. The van der Waals surface area contributed by atoms with Crippen molar-refractivity contribution in [3.05, 3.63) is 0 Å². The molecular formula is C33H66N6O23. The van der Waals surface area contributed by atoms with E-state index in [0.717, 1.165) is 34.6 Å². The molecule has 0 spiro atoms. The average Bonchev–Trinajstić information content (AvgIpc) is 3.13. The minimum Gasteiger partial charge on any atom is -0.550 e. The average molecular weight is 915 g/mol. The highest BCUT2D eigenvalue weighted by Gasteiger charge is 2.54. The van der Waals surface area contributed by atoms with E-state index in [-0.39, 0.29) is 25.4 Å². The molecule has 1 amide bonds. The van der Waals surface area contributed by atoms with Crippen LogP contribution in [0.2, 0.25) is 0 Å². The summed E-state index contributed by atoms with van der Waals surface area (Å²) in [6.07, 6.45) is -18.4. The van der Waals surface area contributed by atoms with Crippen LogP contribution in [0.25, 0.3) is 0 Å². The molecule has 1 aliphatic carbocycles. The summed E-state index contributed by atoms with van der Waals surface area (Å²) in [4.78, 5) is 57.3. The van der Waals surface area contributed by atoms with Crippen molar-refractivity contribution in [3.8, 4) is 0 Å². The molecule has 0 bridgehead atoms. The van der Waals surface area contributed by atoms with Gasteiger partial charge in [0.25, 0.3) is 0 Å². The number of rotatable bonds is 11. The van der Waals surface area contributed by atoms with Crippen molar-refractivity contribution in [3.63, 3.8) is 0 Å². The predicted molar refractivity (Wildman–Crippen MR) is 186 cm³/mol. The van der Waals surface area contributed by atoms with Gasteiger partial charge in [-0.1, -0.05) is 0 Å². The summed E-state index contributed by atoms with van der Waals surface area (Å²) in [6.45, 7) is 4.66. The normalized spacial score (nSPS) is 33.3. The van der Waals surface area contributed by atoms with Gasteiger partial charge >= 0.3 is 0 Å². The first-order valence-electron chi connectivity index (χ1n) is 18.7. The highest BCUT2D eigenvalue weighted by molar-refractivity contribution is 5.80. The van der Waals surface area contributed by atoms with Crippen LogP contribution in [-0.4, -0.2) is 200 Å². The topological polar surface area (TPSA) is 567 Å². The van der Waals surface area contributed by atoms with Crippen LogP contribution in [-0.2, 0) is 47.7 Å². The van der Waals surface area contributed by atoms with Gasteiger partial charge in [0, 0.05) is 42.7 Å². The summed E-state index contributed by atoms with van der Waals surface area (Å²) in [7, 11) is 0. The second-order valence-corrected chi connectivity index (χ2v) is 13.8. The van der Waals surface area contributed by atoms with Crippen molar-refractivity contribution in [1.29, 1.82) is 0 Å². The number of hydrogen-bond acceptors (Lipinski definition) is 23. The Morgan fingerprint density at radius 2 is 1.06 bits per heavy atom. The molecule has 3 fully saturated rings. The van der Waals surface area contributed by atoms with Crippen LogP contribution < -0.4 is 59.5 Å². The molecule has 0 aromatic rings. The van der Waals surface area contributed by atoms with Gasteiger partial charge in [-0.25, -0.2) is 0 Å². The maximum Gasteiger partial charge on any atom is 0.249 e. The fraction of sp³-hybridized carbons (Fsp3) is 0.818. The number of quaternary nitrogens is 5. The lowest BCUT2D eigenvalue weighted by atomic mass is 9.83. The Balaban J connectivity index is -0.00000145. The van der Waals surface area contributed by atoms with Gasteiger partial charge in [0.15, 0.2) is 18.7 Å². The van der Waals surface area contributed by atoms with Crippen LogP contribution in [0.3, 0.4) is 0 Å². The minimum atomic E-state index is -1.69. The van der Waals surface area contributed by atoms with E-state index >= 15 is 0 Å². The number of amides is 1. The molecule has 0 aromatic carbocycles. The van der Waals surface area contributed by atoms with E-state index < -0.39 is 140 Å². The summed E-state index contributed by atoms with van der Waals surface area (Å²) >= 11 is 0. The second kappa shape index (κ2) is 31.9. The van der Waals surface area contributed by atoms with Crippen LogP contribution in [0.5, 0.6) is 0 Å². The Morgan fingerprint density at radius 1 is 0.661 bits per heavy atom. The largest absolute Gasteiger partial charge is 0.550 e. The van der Waals surface area contributed by atoms with Crippen molar-refractivity contribution in [2.45, 2.75) is 151 Å². The fourth-order valence-corrected chi connectivity index (χ4v) is 5.48. The number of carbonyl (C=O) groups is 6. The molecule has 1 saturated carbocycles. The summed E-state index contributed by atoms with van der Waals surface area (Å²) in [6, 6.07) is -3.12. The monoisotopic (exact) mass is 914 g/mol. The molecule has 17 atom stereocenters. The maximum absolute atomic E-state index is 12.9. The van der Waals surface area contributed by atoms with E-state index in [4.69, 9.17) is 68.5 Å². The van der Waals surface area contributed by atoms with Crippen LogP contribution in [0.15, 0.2) is 0 Å². The first kappa shape index (κ1) is 62.4. The number of aliphatic hydroxyl groups excluding tert-OH is 8. The zero-order valence-electron chi connectivity index (χ0n) is 35.1. The summed E-state index contributed by atoms with van der Waals surface area (Å²) < 4.78 is 23.0. The number of aliphatic hydroxyl groups is 8. The van der Waals surface area contributed by atoms with Gasteiger partial charge in [-0.2, -0.15) is 0 Å². The number of nitrogens with one attached hydrogen (secondary N) is 1. The predicted octanol–water partition coefficient (Wildman–Crippen LogP) is -18.9. The molecule has 2 saturated heterocycles. The number of aliphatic carboxylic acids is 5. The molecule has 3 aliphatic rings. The Hall–Kier alpha value is -3.86. The molecule has 366 valence electrons. The molecule has 2 aliphatic heterocycles. The lowest BCUT2D eigenvalue weighted by Gasteiger charge is -2.47. The zero-order chi connectivity index (χ0) is 49.4. The van der Waals surface area contributed by atoms with E-state index in [9.17, 15) is 45.6 Å². The molecule has 0 unspecified atom stereocenters. The Kier molecular flexibility index (Phi) is 32.1. The van der Waals surface area contributed by atoms with Crippen molar-refractivity contribution in [1.82, 2.24) is 5.32 Å². The number of carbonyl (C=O) groups excluding carboxylic acids is 6. The van der Waals surface area contributed by atoms with Gasteiger partial charge in [-0.15, -0.1) is 0 Å². The molecule has 3 rings (SSSR count). The molecule has 62 heavy (non-hydrogen) atoms. The lowest BCUT2D eigenvalue weighted by molar-refractivity contribution is -0.495. The fourth-order valence-electron chi connectivity index (χ4n) is 5.48. The zero-order valence-corrected chi connectivity index (χ0v) is 35.1. The maximum atomic E-state index is 12.9. The number of carboxylic acid groups (broad SMARTS) is 5. The SMILES string of the molecule is CC(=O)[O-].CC(=O)[O-].CC(=O)[O-].CC(=O)[O-].CC(=O)[O-].[NH3+]C[C@@H]([NH3+])C[C@@H](O)C(=O)N[C@@H]1C[C@H]([NH3+])[C@@H](O[C@H]2O[C@H](C[NH3+])[C@@H](O)[C@H](O)[C@H]2O)[C@H](O)[C@H]1O[C@@H]1O[C@@H](CO)[C@H](O)[C@@H]([NH3+])[C@@H]1O. The summed E-state index contributed by atoms with van der Waals surface area (Å²) in [5.74, 6) is -6.19. The molecule has 24 N–H and O–H groups in total. The van der Waals surface area contributed by atoms with Crippen LogP contribution in [0, 0.1) is 0 Å². The first-order valence-corrected chi connectivity index (χ1v) is 18.7. The van der Waals surface area contributed by atoms with E-state index in [1.165, 1.54) is 0 Å². The van der Waals surface area contributed by atoms with E-state index in [0.29, 0.717) is 6.54 Å².